The van der Waals surface area contributed by atoms with Gasteiger partial charge in [-0.15, -0.1) is 0 Å². The molecule has 0 aromatic heterocycles. The normalized spacial score (nSPS) is 11.1. The maximum atomic E-state index is 12.5. The molecule has 10 heteroatoms. The number of hydrogen-bond acceptors (Lipinski definition) is 5. The summed E-state index contributed by atoms with van der Waals surface area (Å²) in [5, 5.41) is 10.8. The van der Waals surface area contributed by atoms with Crippen LogP contribution in [-0.2, 0) is 10.0 Å². The van der Waals surface area contributed by atoms with E-state index in [1.807, 2.05) is 0 Å². The van der Waals surface area contributed by atoms with Gasteiger partial charge < -0.3 is 4.74 Å². The topological polar surface area (TPSA) is 98.5 Å². The second-order valence-electron chi connectivity index (χ2n) is 4.32. The molecule has 0 heterocycles. The van der Waals surface area contributed by atoms with Crippen molar-refractivity contribution in [3.05, 3.63) is 56.0 Å². The highest BCUT2D eigenvalue weighted by molar-refractivity contribution is 9.10. The van der Waals surface area contributed by atoms with Crippen molar-refractivity contribution in [2.75, 3.05) is 11.8 Å². The SMILES string of the molecule is COc1ccc(Br)cc1S(=O)(=O)Nc1cc([N+](=O)[O-])ccc1Cl. The van der Waals surface area contributed by atoms with Gasteiger partial charge in [0.1, 0.15) is 10.6 Å². The van der Waals surface area contributed by atoms with Gasteiger partial charge in [0.05, 0.1) is 22.7 Å². The number of nitro groups is 1. The molecule has 2 rings (SSSR count). The van der Waals surface area contributed by atoms with Gasteiger partial charge in [-0.1, -0.05) is 27.5 Å². The van der Waals surface area contributed by atoms with E-state index in [-0.39, 0.29) is 27.0 Å². The fraction of sp³-hybridized carbons (Fsp3) is 0.0769. The highest BCUT2D eigenvalue weighted by Crippen LogP contribution is 2.32. The number of ether oxygens (including phenoxy) is 1. The lowest BCUT2D eigenvalue weighted by atomic mass is 10.3. The van der Waals surface area contributed by atoms with Crippen LogP contribution in [0, 0.1) is 10.1 Å². The van der Waals surface area contributed by atoms with Crippen LogP contribution in [0.1, 0.15) is 0 Å². The maximum Gasteiger partial charge on any atom is 0.271 e. The average molecular weight is 422 g/mol. The minimum atomic E-state index is -4.06. The van der Waals surface area contributed by atoms with E-state index < -0.39 is 14.9 Å². The van der Waals surface area contributed by atoms with Crippen molar-refractivity contribution in [3.8, 4) is 5.75 Å². The summed E-state index contributed by atoms with van der Waals surface area (Å²) < 4.78 is 32.9. The number of non-ortho nitro benzene ring substituents is 1. The summed E-state index contributed by atoms with van der Waals surface area (Å²) in [4.78, 5) is 10.0. The van der Waals surface area contributed by atoms with E-state index in [9.17, 15) is 18.5 Å². The molecule has 7 nitrogen and oxygen atoms in total. The van der Waals surface area contributed by atoms with Gasteiger partial charge in [-0.2, -0.15) is 0 Å². The van der Waals surface area contributed by atoms with Gasteiger partial charge in [0.25, 0.3) is 15.7 Å². The van der Waals surface area contributed by atoms with Crippen molar-refractivity contribution < 1.29 is 18.1 Å². The van der Waals surface area contributed by atoms with Crippen molar-refractivity contribution >= 4 is 48.9 Å². The van der Waals surface area contributed by atoms with Crippen LogP contribution < -0.4 is 9.46 Å². The lowest BCUT2D eigenvalue weighted by Crippen LogP contribution is -2.14. The number of nitrogens with one attached hydrogen (secondary N) is 1. The number of benzene rings is 2. The minimum absolute atomic E-state index is 0.0353. The van der Waals surface area contributed by atoms with Crippen molar-refractivity contribution in [2.45, 2.75) is 4.90 Å². The van der Waals surface area contributed by atoms with Crippen LogP contribution in [0.4, 0.5) is 11.4 Å². The third-order valence-electron chi connectivity index (χ3n) is 2.82. The molecule has 0 saturated carbocycles. The van der Waals surface area contributed by atoms with Crippen LogP contribution in [0.2, 0.25) is 5.02 Å². The third-order valence-corrected chi connectivity index (χ3v) is 5.03. The number of anilines is 1. The number of nitrogens with zero attached hydrogens (tertiary/aromatic N) is 1. The zero-order chi connectivity index (χ0) is 17.2. The molecule has 1 N–H and O–H groups in total. The number of nitro benzene ring substituents is 1. The Morgan fingerprint density at radius 1 is 1.26 bits per heavy atom. The first-order valence-electron chi connectivity index (χ1n) is 6.05. The molecule has 0 spiro atoms. The first kappa shape index (κ1) is 17.5. The summed E-state index contributed by atoms with van der Waals surface area (Å²) in [5.74, 6) is 0.127. The minimum Gasteiger partial charge on any atom is -0.495 e. The highest BCUT2D eigenvalue weighted by Gasteiger charge is 2.22. The standard InChI is InChI=1S/C13H10BrClN2O5S/c1-22-12-5-2-8(14)6-13(12)23(20,21)16-11-7-9(17(18)19)3-4-10(11)15/h2-7,16H,1H3. The number of sulfonamides is 1. The predicted octanol–water partition coefficient (Wildman–Crippen LogP) is 3.82. The summed E-state index contributed by atoms with van der Waals surface area (Å²) in [6.07, 6.45) is 0. The fourth-order valence-electron chi connectivity index (χ4n) is 1.77. The second-order valence-corrected chi connectivity index (χ2v) is 7.30. The summed E-state index contributed by atoms with van der Waals surface area (Å²) in [7, 11) is -2.72. The van der Waals surface area contributed by atoms with E-state index in [4.69, 9.17) is 16.3 Å². The molecular weight excluding hydrogens is 412 g/mol. The molecule has 0 aliphatic rings. The molecule has 23 heavy (non-hydrogen) atoms. The Morgan fingerprint density at radius 2 is 1.96 bits per heavy atom. The third kappa shape index (κ3) is 3.92. The van der Waals surface area contributed by atoms with E-state index in [0.717, 1.165) is 6.07 Å². The van der Waals surface area contributed by atoms with Crippen LogP contribution in [0.3, 0.4) is 0 Å². The Balaban J connectivity index is 2.49. The molecule has 122 valence electrons. The largest absolute Gasteiger partial charge is 0.495 e. The Bertz CT molecular complexity index is 873. The molecule has 0 atom stereocenters. The molecule has 0 aliphatic carbocycles. The van der Waals surface area contributed by atoms with Gasteiger partial charge in [-0.25, -0.2) is 8.42 Å². The molecular formula is C13H10BrClN2O5S. The zero-order valence-electron chi connectivity index (χ0n) is 11.6. The highest BCUT2D eigenvalue weighted by atomic mass is 79.9. The first-order chi connectivity index (χ1) is 10.7. The number of halogens is 2. The van der Waals surface area contributed by atoms with E-state index in [0.29, 0.717) is 4.47 Å². The average Bonchev–Trinajstić information content (AvgIpc) is 2.49. The predicted molar refractivity (Wildman–Crippen MR) is 89.6 cm³/mol. The number of hydrogen-bond donors (Lipinski definition) is 1. The van der Waals surface area contributed by atoms with E-state index in [1.165, 1.54) is 31.4 Å². The monoisotopic (exact) mass is 420 g/mol. The first-order valence-corrected chi connectivity index (χ1v) is 8.70. The lowest BCUT2D eigenvalue weighted by Gasteiger charge is -2.12. The van der Waals surface area contributed by atoms with Crippen molar-refractivity contribution in [2.24, 2.45) is 0 Å². The molecule has 0 bridgehead atoms. The molecule has 0 amide bonds. The summed E-state index contributed by atoms with van der Waals surface area (Å²) in [5.41, 5.74) is -0.379. The van der Waals surface area contributed by atoms with Gasteiger partial charge in [0.2, 0.25) is 0 Å². The number of rotatable bonds is 5. The summed E-state index contributed by atoms with van der Waals surface area (Å²) in [6, 6.07) is 7.93. The van der Waals surface area contributed by atoms with Crippen LogP contribution in [-0.4, -0.2) is 20.5 Å². The van der Waals surface area contributed by atoms with Gasteiger partial charge in [0, 0.05) is 16.6 Å². The quantitative estimate of drug-likeness (QED) is 0.584. The fourth-order valence-corrected chi connectivity index (χ4v) is 3.77. The molecule has 0 aliphatic heterocycles. The van der Waals surface area contributed by atoms with Crippen molar-refractivity contribution in [3.63, 3.8) is 0 Å². The van der Waals surface area contributed by atoms with Crippen molar-refractivity contribution in [1.82, 2.24) is 0 Å². The maximum absolute atomic E-state index is 12.5. The van der Waals surface area contributed by atoms with Gasteiger partial charge in [-0.3, -0.25) is 14.8 Å². The van der Waals surface area contributed by atoms with Crippen LogP contribution in [0.25, 0.3) is 0 Å². The summed E-state index contributed by atoms with van der Waals surface area (Å²) >= 11 is 9.09. The Hall–Kier alpha value is -1.84. The van der Waals surface area contributed by atoms with E-state index in [2.05, 4.69) is 20.7 Å². The van der Waals surface area contributed by atoms with Crippen LogP contribution >= 0.6 is 27.5 Å². The van der Waals surface area contributed by atoms with Gasteiger partial charge >= 0.3 is 0 Å². The van der Waals surface area contributed by atoms with Crippen LogP contribution in [0.15, 0.2) is 45.8 Å². The van der Waals surface area contributed by atoms with Gasteiger partial charge in [-0.05, 0) is 24.3 Å². The molecule has 0 saturated heterocycles. The zero-order valence-corrected chi connectivity index (χ0v) is 14.8. The molecule has 2 aromatic carbocycles. The Labute approximate surface area is 145 Å². The van der Waals surface area contributed by atoms with Crippen molar-refractivity contribution in [1.29, 1.82) is 0 Å². The second kappa shape index (κ2) is 6.73. The number of methoxy groups -OCH3 is 1. The van der Waals surface area contributed by atoms with E-state index in [1.54, 1.807) is 6.07 Å². The Kier molecular flexibility index (Phi) is 5.12. The molecule has 0 radical (unpaired) electrons. The van der Waals surface area contributed by atoms with Gasteiger partial charge in [0.15, 0.2) is 0 Å². The molecule has 0 unspecified atom stereocenters. The lowest BCUT2D eigenvalue weighted by molar-refractivity contribution is -0.384. The van der Waals surface area contributed by atoms with Crippen LogP contribution in [0.5, 0.6) is 5.75 Å². The Morgan fingerprint density at radius 3 is 2.57 bits per heavy atom. The molecule has 2 aromatic rings. The summed E-state index contributed by atoms with van der Waals surface area (Å²) in [6.45, 7) is 0. The molecule has 0 fully saturated rings. The van der Waals surface area contributed by atoms with E-state index >= 15 is 0 Å². The smallest absolute Gasteiger partial charge is 0.271 e.